The van der Waals surface area contributed by atoms with Gasteiger partial charge in [0, 0.05) is 18.6 Å². The SMILES string of the molecule is Cc1cccc(C[C@@H](NC(=O)c2c(F)cc(F)cc2F)C(=O)O)c1. The average Bonchev–Trinajstić information content (AvgIpc) is 2.45. The fourth-order valence-corrected chi connectivity index (χ4v) is 2.26. The van der Waals surface area contributed by atoms with Crippen molar-refractivity contribution < 1.29 is 27.9 Å². The van der Waals surface area contributed by atoms with Crippen molar-refractivity contribution in [1.29, 1.82) is 0 Å². The van der Waals surface area contributed by atoms with Crippen molar-refractivity contribution in [3.05, 3.63) is 70.5 Å². The van der Waals surface area contributed by atoms with Gasteiger partial charge in [0.25, 0.3) is 5.91 Å². The Bertz CT molecular complexity index is 769. The number of benzene rings is 2. The first-order chi connectivity index (χ1) is 11.3. The predicted octanol–water partition coefficient (Wildman–Crippen LogP) is 2.84. The normalized spacial score (nSPS) is 11.8. The molecule has 7 heteroatoms. The van der Waals surface area contributed by atoms with Crippen LogP contribution in [0.3, 0.4) is 0 Å². The third-order valence-corrected chi connectivity index (χ3v) is 3.36. The Morgan fingerprint density at radius 3 is 2.29 bits per heavy atom. The maximum Gasteiger partial charge on any atom is 0.326 e. The molecule has 0 saturated heterocycles. The predicted molar refractivity (Wildman–Crippen MR) is 80.1 cm³/mol. The van der Waals surface area contributed by atoms with Crippen molar-refractivity contribution >= 4 is 11.9 Å². The number of rotatable bonds is 5. The summed E-state index contributed by atoms with van der Waals surface area (Å²) in [6.07, 6.45) is -0.0623. The van der Waals surface area contributed by atoms with Gasteiger partial charge in [0.2, 0.25) is 0 Å². The third kappa shape index (κ3) is 4.13. The van der Waals surface area contributed by atoms with Crippen LogP contribution in [0.25, 0.3) is 0 Å². The first-order valence-electron chi connectivity index (χ1n) is 7.01. The van der Waals surface area contributed by atoms with Gasteiger partial charge in [-0.15, -0.1) is 0 Å². The van der Waals surface area contributed by atoms with Crippen LogP contribution in [0.15, 0.2) is 36.4 Å². The smallest absolute Gasteiger partial charge is 0.326 e. The molecular formula is C17H14F3NO3. The lowest BCUT2D eigenvalue weighted by molar-refractivity contribution is -0.139. The van der Waals surface area contributed by atoms with Crippen molar-refractivity contribution in [3.8, 4) is 0 Å². The van der Waals surface area contributed by atoms with E-state index in [1.165, 1.54) is 0 Å². The van der Waals surface area contributed by atoms with E-state index >= 15 is 0 Å². The average molecular weight is 337 g/mol. The molecule has 1 amide bonds. The highest BCUT2D eigenvalue weighted by molar-refractivity contribution is 5.97. The summed E-state index contributed by atoms with van der Waals surface area (Å²) in [5, 5.41) is 11.3. The highest BCUT2D eigenvalue weighted by Crippen LogP contribution is 2.15. The molecule has 0 unspecified atom stereocenters. The number of carboxylic acid groups (broad SMARTS) is 1. The molecule has 2 aromatic rings. The molecule has 1 atom stereocenters. The van der Waals surface area contributed by atoms with Crippen molar-refractivity contribution in [2.75, 3.05) is 0 Å². The third-order valence-electron chi connectivity index (χ3n) is 3.36. The van der Waals surface area contributed by atoms with Gasteiger partial charge in [-0.25, -0.2) is 18.0 Å². The molecule has 0 heterocycles. The number of halogens is 3. The van der Waals surface area contributed by atoms with E-state index in [9.17, 15) is 27.9 Å². The van der Waals surface area contributed by atoms with E-state index < -0.39 is 40.9 Å². The number of nitrogens with one attached hydrogen (secondary N) is 1. The molecule has 0 saturated carbocycles. The molecular weight excluding hydrogens is 323 g/mol. The molecule has 0 aliphatic carbocycles. The van der Waals surface area contributed by atoms with E-state index in [1.807, 2.05) is 13.0 Å². The second-order valence-corrected chi connectivity index (χ2v) is 5.30. The maximum atomic E-state index is 13.6. The van der Waals surface area contributed by atoms with Crippen molar-refractivity contribution in [2.45, 2.75) is 19.4 Å². The molecule has 0 aromatic heterocycles. The summed E-state index contributed by atoms with van der Waals surface area (Å²) in [6, 6.07) is 6.28. The highest BCUT2D eigenvalue weighted by Gasteiger charge is 2.25. The second-order valence-electron chi connectivity index (χ2n) is 5.30. The van der Waals surface area contributed by atoms with E-state index in [-0.39, 0.29) is 6.42 Å². The molecule has 2 N–H and O–H groups in total. The number of hydrogen-bond acceptors (Lipinski definition) is 2. The molecule has 0 fully saturated rings. The van der Waals surface area contributed by atoms with Crippen molar-refractivity contribution in [1.82, 2.24) is 5.32 Å². The lowest BCUT2D eigenvalue weighted by Crippen LogP contribution is -2.43. The molecule has 2 aromatic carbocycles. The zero-order valence-corrected chi connectivity index (χ0v) is 12.6. The van der Waals surface area contributed by atoms with Crippen LogP contribution in [-0.2, 0) is 11.2 Å². The van der Waals surface area contributed by atoms with Crippen LogP contribution in [0.1, 0.15) is 21.5 Å². The van der Waals surface area contributed by atoms with Gasteiger partial charge in [-0.1, -0.05) is 29.8 Å². The maximum absolute atomic E-state index is 13.6. The van der Waals surface area contributed by atoms with Crippen LogP contribution < -0.4 is 5.32 Å². The van der Waals surface area contributed by atoms with Crippen LogP contribution in [-0.4, -0.2) is 23.0 Å². The fraction of sp³-hybridized carbons (Fsp3) is 0.176. The molecule has 2 rings (SSSR count). The topological polar surface area (TPSA) is 66.4 Å². The number of aryl methyl sites for hydroxylation is 1. The summed E-state index contributed by atoms with van der Waals surface area (Å²) < 4.78 is 40.1. The number of carbonyl (C=O) groups is 2. The van der Waals surface area contributed by atoms with Crippen LogP contribution in [0.2, 0.25) is 0 Å². The van der Waals surface area contributed by atoms with E-state index in [1.54, 1.807) is 18.2 Å². The number of hydrogen-bond donors (Lipinski definition) is 2. The number of aliphatic carboxylic acids is 1. The highest BCUT2D eigenvalue weighted by atomic mass is 19.1. The first-order valence-corrected chi connectivity index (χ1v) is 7.01. The van der Waals surface area contributed by atoms with Gasteiger partial charge in [-0.05, 0) is 12.5 Å². The molecule has 0 bridgehead atoms. The quantitative estimate of drug-likeness (QED) is 0.882. The van der Waals surface area contributed by atoms with Crippen LogP contribution in [0.4, 0.5) is 13.2 Å². The Morgan fingerprint density at radius 1 is 1.12 bits per heavy atom. The van der Waals surface area contributed by atoms with Crippen LogP contribution in [0.5, 0.6) is 0 Å². The minimum absolute atomic E-state index is 0.0623. The molecule has 0 radical (unpaired) electrons. The molecule has 4 nitrogen and oxygen atoms in total. The second kappa shape index (κ2) is 7.16. The summed E-state index contributed by atoms with van der Waals surface area (Å²) in [5.41, 5.74) is 0.522. The largest absolute Gasteiger partial charge is 0.480 e. The fourth-order valence-electron chi connectivity index (χ4n) is 2.26. The zero-order chi connectivity index (χ0) is 17.9. The summed E-state index contributed by atoms with van der Waals surface area (Å²) in [5.74, 6) is -6.58. The minimum atomic E-state index is -1.40. The summed E-state index contributed by atoms with van der Waals surface area (Å²) in [6.45, 7) is 1.82. The summed E-state index contributed by atoms with van der Waals surface area (Å²) >= 11 is 0. The first kappa shape index (κ1) is 17.5. The van der Waals surface area contributed by atoms with E-state index in [2.05, 4.69) is 5.32 Å². The van der Waals surface area contributed by atoms with E-state index in [0.29, 0.717) is 17.7 Å². The Balaban J connectivity index is 2.22. The Labute approximate surface area is 135 Å². The Kier molecular flexibility index (Phi) is 5.23. The standard InChI is InChI=1S/C17H14F3NO3/c1-9-3-2-4-10(5-9)6-14(17(23)24)21-16(22)15-12(19)7-11(18)8-13(15)20/h2-5,7-8,14H,6H2,1H3,(H,21,22)(H,23,24)/t14-/m1/s1. The van der Waals surface area contributed by atoms with Crippen LogP contribution in [0, 0.1) is 24.4 Å². The van der Waals surface area contributed by atoms with Gasteiger partial charge in [-0.2, -0.15) is 0 Å². The molecule has 0 spiro atoms. The summed E-state index contributed by atoms with van der Waals surface area (Å²) in [4.78, 5) is 23.3. The minimum Gasteiger partial charge on any atom is -0.480 e. The van der Waals surface area contributed by atoms with Gasteiger partial charge < -0.3 is 10.4 Å². The molecule has 126 valence electrons. The molecule has 0 aliphatic heterocycles. The zero-order valence-electron chi connectivity index (χ0n) is 12.6. The van der Waals surface area contributed by atoms with E-state index in [0.717, 1.165) is 5.56 Å². The van der Waals surface area contributed by atoms with Gasteiger partial charge in [-0.3, -0.25) is 4.79 Å². The number of carboxylic acids is 1. The van der Waals surface area contributed by atoms with Gasteiger partial charge in [0.05, 0.1) is 0 Å². The Morgan fingerprint density at radius 2 is 1.75 bits per heavy atom. The molecule has 0 aliphatic rings. The van der Waals surface area contributed by atoms with Gasteiger partial charge in [0.15, 0.2) is 0 Å². The lowest BCUT2D eigenvalue weighted by Gasteiger charge is -2.15. The lowest BCUT2D eigenvalue weighted by atomic mass is 10.0. The monoisotopic (exact) mass is 337 g/mol. The molecule has 24 heavy (non-hydrogen) atoms. The number of carbonyl (C=O) groups excluding carboxylic acids is 1. The van der Waals surface area contributed by atoms with Crippen molar-refractivity contribution in [2.24, 2.45) is 0 Å². The van der Waals surface area contributed by atoms with E-state index in [4.69, 9.17) is 0 Å². The number of amides is 1. The van der Waals surface area contributed by atoms with Crippen molar-refractivity contribution in [3.63, 3.8) is 0 Å². The Hall–Kier alpha value is -2.83. The summed E-state index contributed by atoms with van der Waals surface area (Å²) in [7, 11) is 0. The van der Waals surface area contributed by atoms with Crippen LogP contribution >= 0.6 is 0 Å². The van der Waals surface area contributed by atoms with Gasteiger partial charge >= 0.3 is 5.97 Å². The van der Waals surface area contributed by atoms with Gasteiger partial charge in [0.1, 0.15) is 29.1 Å².